The van der Waals surface area contributed by atoms with Gasteiger partial charge in [-0.15, -0.1) is 0 Å². The molecule has 21 heavy (non-hydrogen) atoms. The molecule has 1 atom stereocenters. The van der Waals surface area contributed by atoms with Gasteiger partial charge >= 0.3 is 0 Å². The predicted molar refractivity (Wildman–Crippen MR) is 84.2 cm³/mol. The highest BCUT2D eigenvalue weighted by atomic mass is 32.2. The minimum Gasteiger partial charge on any atom is -0.336 e. The molecule has 1 saturated heterocycles. The number of nitrogens with zero attached hydrogens (tertiary/aromatic N) is 3. The van der Waals surface area contributed by atoms with Crippen molar-refractivity contribution in [1.29, 1.82) is 0 Å². The monoisotopic (exact) mass is 299 g/mol. The third-order valence-corrected chi connectivity index (χ3v) is 4.91. The fourth-order valence-electron chi connectivity index (χ4n) is 2.48. The second-order valence-electron chi connectivity index (χ2n) is 4.94. The zero-order valence-corrected chi connectivity index (χ0v) is 12.5. The Morgan fingerprint density at radius 2 is 2.05 bits per heavy atom. The van der Waals surface area contributed by atoms with Crippen LogP contribution in [-0.2, 0) is 0 Å². The summed E-state index contributed by atoms with van der Waals surface area (Å²) in [6.45, 7) is 1.53. The molecule has 0 spiro atoms. The van der Waals surface area contributed by atoms with Gasteiger partial charge in [0.05, 0.1) is 6.20 Å². The number of thioether (sulfide) groups is 1. The van der Waals surface area contributed by atoms with Crippen molar-refractivity contribution in [3.05, 3.63) is 60.2 Å². The maximum absolute atomic E-state index is 12.4. The van der Waals surface area contributed by atoms with Crippen molar-refractivity contribution in [1.82, 2.24) is 14.9 Å². The molecule has 3 rings (SSSR count). The van der Waals surface area contributed by atoms with Crippen molar-refractivity contribution in [3.8, 4) is 0 Å². The van der Waals surface area contributed by atoms with Crippen molar-refractivity contribution in [3.63, 3.8) is 0 Å². The Bertz CT molecular complexity index is 591. The lowest BCUT2D eigenvalue weighted by Crippen LogP contribution is -2.33. The summed E-state index contributed by atoms with van der Waals surface area (Å²) in [7, 11) is 0. The van der Waals surface area contributed by atoms with E-state index in [1.165, 1.54) is 11.8 Å². The zero-order chi connectivity index (χ0) is 14.5. The normalized spacial score (nSPS) is 19.0. The van der Waals surface area contributed by atoms with E-state index >= 15 is 0 Å². The topological polar surface area (TPSA) is 46.1 Å². The number of rotatable bonds is 2. The molecule has 0 unspecified atom stereocenters. The molecule has 1 aliphatic rings. The molecule has 5 heteroatoms. The number of carbonyl (C=O) groups is 1. The SMILES string of the molecule is O=C(c1cnccn1)N1CCS[C@H](c2ccccc2)CC1. The van der Waals surface area contributed by atoms with Gasteiger partial charge in [0, 0.05) is 36.5 Å². The lowest BCUT2D eigenvalue weighted by molar-refractivity contribution is 0.0760. The standard InChI is InChI=1S/C16H17N3OS/c20-16(14-12-17-7-8-18-14)19-9-6-15(21-11-10-19)13-4-2-1-3-5-13/h1-5,7-8,12,15H,6,9-11H2/t15-/m0/s1. The van der Waals surface area contributed by atoms with Crippen LogP contribution in [0, 0.1) is 0 Å². The van der Waals surface area contributed by atoms with Crippen molar-refractivity contribution < 1.29 is 4.79 Å². The van der Waals surface area contributed by atoms with Crippen LogP contribution in [-0.4, -0.2) is 39.6 Å². The minimum atomic E-state index is -0.0163. The van der Waals surface area contributed by atoms with Crippen molar-refractivity contribution in [2.24, 2.45) is 0 Å². The summed E-state index contributed by atoms with van der Waals surface area (Å²) in [4.78, 5) is 22.4. The Morgan fingerprint density at radius 3 is 2.81 bits per heavy atom. The minimum absolute atomic E-state index is 0.0163. The van der Waals surface area contributed by atoms with Gasteiger partial charge in [0.25, 0.3) is 5.91 Å². The summed E-state index contributed by atoms with van der Waals surface area (Å²) in [6, 6.07) is 10.5. The summed E-state index contributed by atoms with van der Waals surface area (Å²) < 4.78 is 0. The summed E-state index contributed by atoms with van der Waals surface area (Å²) in [5.74, 6) is 0.934. The van der Waals surface area contributed by atoms with Gasteiger partial charge in [0.2, 0.25) is 0 Å². The van der Waals surface area contributed by atoms with E-state index in [9.17, 15) is 4.79 Å². The lowest BCUT2D eigenvalue weighted by atomic mass is 10.1. The molecule has 2 heterocycles. The number of amides is 1. The van der Waals surface area contributed by atoms with Gasteiger partial charge in [0.1, 0.15) is 5.69 Å². The Morgan fingerprint density at radius 1 is 1.19 bits per heavy atom. The van der Waals surface area contributed by atoms with Crippen LogP contribution in [0.2, 0.25) is 0 Å². The maximum atomic E-state index is 12.4. The molecule has 4 nitrogen and oxygen atoms in total. The first kappa shape index (κ1) is 14.1. The van der Waals surface area contributed by atoms with Crippen molar-refractivity contribution in [2.45, 2.75) is 11.7 Å². The highest BCUT2D eigenvalue weighted by Crippen LogP contribution is 2.34. The highest BCUT2D eigenvalue weighted by Gasteiger charge is 2.23. The molecule has 2 aromatic rings. The van der Waals surface area contributed by atoms with Gasteiger partial charge in [-0.05, 0) is 12.0 Å². The molecule has 1 aromatic heterocycles. The van der Waals surface area contributed by atoms with E-state index in [-0.39, 0.29) is 5.91 Å². The van der Waals surface area contributed by atoms with E-state index < -0.39 is 0 Å². The Kier molecular flexibility index (Phi) is 4.50. The summed E-state index contributed by atoms with van der Waals surface area (Å²) in [5.41, 5.74) is 1.77. The molecule has 1 aromatic carbocycles. The average Bonchev–Trinajstić information content (AvgIpc) is 2.82. The van der Waals surface area contributed by atoms with Gasteiger partial charge in [-0.3, -0.25) is 9.78 Å². The summed E-state index contributed by atoms with van der Waals surface area (Å²) >= 11 is 1.92. The molecule has 0 aliphatic carbocycles. The smallest absolute Gasteiger partial charge is 0.274 e. The highest BCUT2D eigenvalue weighted by molar-refractivity contribution is 7.99. The van der Waals surface area contributed by atoms with Gasteiger partial charge in [-0.1, -0.05) is 30.3 Å². The molecule has 0 bridgehead atoms. The molecule has 108 valence electrons. The molecule has 1 amide bonds. The zero-order valence-electron chi connectivity index (χ0n) is 11.7. The van der Waals surface area contributed by atoms with E-state index in [4.69, 9.17) is 0 Å². The number of benzene rings is 1. The Hall–Kier alpha value is -1.88. The van der Waals surface area contributed by atoms with Crippen LogP contribution in [0.5, 0.6) is 0 Å². The van der Waals surface area contributed by atoms with Gasteiger partial charge < -0.3 is 4.90 Å². The maximum Gasteiger partial charge on any atom is 0.274 e. The summed E-state index contributed by atoms with van der Waals surface area (Å²) in [6.07, 6.45) is 5.66. The van der Waals surface area contributed by atoms with Crippen LogP contribution in [0.15, 0.2) is 48.9 Å². The molecular weight excluding hydrogens is 282 g/mol. The lowest BCUT2D eigenvalue weighted by Gasteiger charge is -2.19. The quantitative estimate of drug-likeness (QED) is 0.855. The molecule has 1 aliphatic heterocycles. The van der Waals surface area contributed by atoms with E-state index in [2.05, 4.69) is 34.2 Å². The fourth-order valence-corrected chi connectivity index (χ4v) is 3.71. The number of hydrogen-bond acceptors (Lipinski definition) is 4. The first-order chi connectivity index (χ1) is 10.3. The number of aromatic nitrogens is 2. The van der Waals surface area contributed by atoms with Crippen molar-refractivity contribution in [2.75, 3.05) is 18.8 Å². The van der Waals surface area contributed by atoms with Crippen LogP contribution < -0.4 is 0 Å². The molecule has 0 radical (unpaired) electrons. The molecule has 1 fully saturated rings. The second-order valence-corrected chi connectivity index (χ2v) is 6.25. The molecule has 0 saturated carbocycles. The predicted octanol–water partition coefficient (Wildman–Crippen LogP) is 2.80. The van der Waals surface area contributed by atoms with Gasteiger partial charge in [-0.25, -0.2) is 4.98 Å². The fraction of sp³-hybridized carbons (Fsp3) is 0.312. The Labute approximate surface area is 128 Å². The third-order valence-electron chi connectivity index (χ3n) is 3.58. The largest absolute Gasteiger partial charge is 0.336 e. The molecule has 0 N–H and O–H groups in total. The van der Waals surface area contributed by atoms with Crippen LogP contribution >= 0.6 is 11.8 Å². The van der Waals surface area contributed by atoms with E-state index in [0.29, 0.717) is 10.9 Å². The number of hydrogen-bond donors (Lipinski definition) is 0. The Balaban J connectivity index is 1.67. The van der Waals surface area contributed by atoms with E-state index in [0.717, 1.165) is 25.3 Å². The van der Waals surface area contributed by atoms with Gasteiger partial charge in [-0.2, -0.15) is 11.8 Å². The van der Waals surface area contributed by atoms with Crippen molar-refractivity contribution >= 4 is 17.7 Å². The molecular formula is C16H17N3OS. The van der Waals surface area contributed by atoms with Crippen LogP contribution in [0.3, 0.4) is 0 Å². The first-order valence-corrected chi connectivity index (χ1v) is 8.11. The summed E-state index contributed by atoms with van der Waals surface area (Å²) in [5, 5.41) is 0.464. The van der Waals surface area contributed by atoms with Crippen LogP contribution in [0.1, 0.15) is 27.7 Å². The van der Waals surface area contributed by atoms with Crippen LogP contribution in [0.4, 0.5) is 0 Å². The first-order valence-electron chi connectivity index (χ1n) is 7.06. The third kappa shape index (κ3) is 3.42. The number of carbonyl (C=O) groups excluding carboxylic acids is 1. The van der Waals surface area contributed by atoms with E-state index in [1.54, 1.807) is 12.4 Å². The average molecular weight is 299 g/mol. The van der Waals surface area contributed by atoms with E-state index in [1.807, 2.05) is 22.7 Å². The van der Waals surface area contributed by atoms with Gasteiger partial charge in [0.15, 0.2) is 0 Å². The second kappa shape index (κ2) is 6.72. The van der Waals surface area contributed by atoms with Crippen LogP contribution in [0.25, 0.3) is 0 Å².